The first-order chi connectivity index (χ1) is 25.7. The maximum absolute atomic E-state index is 12.2. The minimum absolute atomic E-state index is 0.188. The Morgan fingerprint density at radius 1 is 0.585 bits per heavy atom. The molecule has 0 spiro atoms. The monoisotopic (exact) mass is 721 g/mol. The summed E-state index contributed by atoms with van der Waals surface area (Å²) in [6, 6.07) is 26.2. The van der Waals surface area contributed by atoms with Gasteiger partial charge in [0, 0.05) is 28.3 Å². The van der Waals surface area contributed by atoms with Crippen LogP contribution < -0.4 is 21.3 Å². The molecular weight excluding hydrogens is 682 g/mol. The summed E-state index contributed by atoms with van der Waals surface area (Å²) in [5, 5.41) is 10.8. The lowest BCUT2D eigenvalue weighted by Crippen LogP contribution is -2.19. The van der Waals surface area contributed by atoms with Gasteiger partial charge in [0.2, 0.25) is 0 Å². The lowest BCUT2D eigenvalue weighted by atomic mass is 10.1. The molecule has 5 rings (SSSR count). The number of carbonyl (C=O) groups is 5. The van der Waals surface area contributed by atoms with Crippen molar-refractivity contribution in [3.8, 4) is 11.3 Å². The van der Waals surface area contributed by atoms with Gasteiger partial charge in [0.05, 0.1) is 43.6 Å². The van der Waals surface area contributed by atoms with Gasteiger partial charge in [-0.3, -0.25) is 4.79 Å². The molecule has 1 aromatic heterocycles. The van der Waals surface area contributed by atoms with Crippen molar-refractivity contribution in [3.63, 3.8) is 0 Å². The van der Waals surface area contributed by atoms with Gasteiger partial charge in [0.15, 0.2) is 12.2 Å². The van der Waals surface area contributed by atoms with Crippen molar-refractivity contribution in [2.75, 3.05) is 41.1 Å². The number of ether oxygens (including phenoxy) is 3. The van der Waals surface area contributed by atoms with E-state index >= 15 is 0 Å². The van der Waals surface area contributed by atoms with Crippen LogP contribution in [0.15, 0.2) is 114 Å². The molecule has 0 unspecified atom stereocenters. The molecule has 53 heavy (non-hydrogen) atoms. The molecule has 4 aromatic carbocycles. The molecule has 0 aliphatic heterocycles. The lowest BCUT2D eigenvalue weighted by molar-refractivity contribution is -0.142. The zero-order valence-corrected chi connectivity index (χ0v) is 29.3. The van der Waals surface area contributed by atoms with Crippen molar-refractivity contribution in [2.45, 2.75) is 27.2 Å². The number of urea groups is 2. The number of hydrogen-bond donors (Lipinski definition) is 4. The third-order valence-electron chi connectivity index (χ3n) is 7.01. The van der Waals surface area contributed by atoms with Crippen molar-refractivity contribution < 1.29 is 42.6 Å². The Hall–Kier alpha value is -6.96. The number of amides is 4. The molecule has 1 heterocycles. The number of hydrogen-bond acceptors (Lipinski definition) is 10. The van der Waals surface area contributed by atoms with Crippen molar-refractivity contribution in [1.82, 2.24) is 4.98 Å². The SMILES string of the molecule is CCOC(=O)Cc1ccc(NC(=O)Nc2ccc(C(=O)OCC)cc2)cc1.CCOC(=O)c1ccc(NC(=O)Nc2cccc(-c3cnco3)c2)cc1. The maximum atomic E-state index is 12.2. The van der Waals surface area contributed by atoms with Crippen molar-refractivity contribution in [1.29, 1.82) is 0 Å². The largest absolute Gasteiger partial charge is 0.466 e. The van der Waals surface area contributed by atoms with Crippen molar-refractivity contribution in [3.05, 3.63) is 126 Å². The number of aromatic nitrogens is 1. The summed E-state index contributed by atoms with van der Waals surface area (Å²) in [4.78, 5) is 62.8. The van der Waals surface area contributed by atoms with E-state index in [0.717, 1.165) is 11.1 Å². The van der Waals surface area contributed by atoms with Crippen LogP contribution in [-0.4, -0.2) is 54.8 Å². The number of carbonyl (C=O) groups excluding carboxylic acids is 5. The van der Waals surface area contributed by atoms with Crippen LogP contribution in [0.3, 0.4) is 0 Å². The third kappa shape index (κ3) is 12.7. The first-order valence-electron chi connectivity index (χ1n) is 16.6. The molecule has 4 N–H and O–H groups in total. The second kappa shape index (κ2) is 20.0. The van der Waals surface area contributed by atoms with Gasteiger partial charge in [0.1, 0.15) is 0 Å². The minimum atomic E-state index is -0.419. The van der Waals surface area contributed by atoms with Gasteiger partial charge in [0.25, 0.3) is 0 Å². The van der Waals surface area contributed by atoms with E-state index in [9.17, 15) is 24.0 Å². The average molecular weight is 722 g/mol. The molecule has 0 atom stereocenters. The number of esters is 3. The fourth-order valence-electron chi connectivity index (χ4n) is 4.59. The van der Waals surface area contributed by atoms with Crippen LogP contribution in [-0.2, 0) is 25.4 Å². The van der Waals surface area contributed by atoms with Crippen LogP contribution >= 0.6 is 0 Å². The van der Waals surface area contributed by atoms with Gasteiger partial charge >= 0.3 is 30.0 Å². The highest BCUT2D eigenvalue weighted by Crippen LogP contribution is 2.22. The van der Waals surface area contributed by atoms with Gasteiger partial charge in [-0.2, -0.15) is 0 Å². The van der Waals surface area contributed by atoms with Gasteiger partial charge in [-0.05, 0) is 99.1 Å². The van der Waals surface area contributed by atoms with Crippen LogP contribution in [0.1, 0.15) is 47.1 Å². The summed E-state index contributed by atoms with van der Waals surface area (Å²) >= 11 is 0. The van der Waals surface area contributed by atoms with Gasteiger partial charge in [-0.25, -0.2) is 24.2 Å². The highest BCUT2D eigenvalue weighted by atomic mass is 16.5. The Labute approximate surface area is 305 Å². The highest BCUT2D eigenvalue weighted by Gasteiger charge is 2.10. The van der Waals surface area contributed by atoms with Crippen LogP contribution in [0.5, 0.6) is 0 Å². The molecule has 0 saturated carbocycles. The molecule has 4 amide bonds. The molecular formula is C39H39N5O9. The standard InChI is InChI=1S/C20H22N2O5.C19H17N3O4/c1-3-26-18(23)13-14-5-9-16(10-6-14)21-20(25)22-17-11-7-15(8-12-17)19(24)27-4-2;1-2-25-18(23)13-6-8-15(9-7-13)21-19(24)22-16-5-3-4-14(10-16)17-11-20-12-26-17/h5-12H,3-4,13H2,1-2H3,(H2,21,22,25);3-12H,2H2,1H3,(H2,21,22,24). The molecule has 274 valence electrons. The number of nitrogens with one attached hydrogen (secondary N) is 4. The first kappa shape index (κ1) is 38.8. The molecule has 0 fully saturated rings. The Morgan fingerprint density at radius 3 is 1.51 bits per heavy atom. The highest BCUT2D eigenvalue weighted by molar-refractivity contribution is 6.01. The summed E-state index contributed by atoms with van der Waals surface area (Å²) in [6.45, 7) is 6.21. The summed E-state index contributed by atoms with van der Waals surface area (Å²) < 4.78 is 20.0. The maximum Gasteiger partial charge on any atom is 0.338 e. The summed E-state index contributed by atoms with van der Waals surface area (Å²) in [6.07, 6.45) is 3.14. The summed E-state index contributed by atoms with van der Waals surface area (Å²) in [5.41, 5.74) is 4.75. The Balaban J connectivity index is 0.000000237. The third-order valence-corrected chi connectivity index (χ3v) is 7.01. The number of anilines is 4. The van der Waals surface area contributed by atoms with E-state index in [-0.39, 0.29) is 12.4 Å². The predicted molar refractivity (Wildman–Crippen MR) is 199 cm³/mol. The van der Waals surface area contributed by atoms with Gasteiger partial charge in [-0.15, -0.1) is 0 Å². The molecule has 0 bridgehead atoms. The smallest absolute Gasteiger partial charge is 0.338 e. The normalized spacial score (nSPS) is 10.1. The minimum Gasteiger partial charge on any atom is -0.466 e. The van der Waals surface area contributed by atoms with Crippen LogP contribution in [0.2, 0.25) is 0 Å². The van der Waals surface area contributed by atoms with E-state index in [2.05, 4.69) is 26.3 Å². The predicted octanol–water partition coefficient (Wildman–Crippen LogP) is 7.78. The molecule has 0 aliphatic rings. The lowest BCUT2D eigenvalue weighted by Gasteiger charge is -2.09. The van der Waals surface area contributed by atoms with Gasteiger partial charge in [-0.1, -0.05) is 24.3 Å². The Morgan fingerprint density at radius 2 is 1.06 bits per heavy atom. The number of nitrogens with zero attached hydrogens (tertiary/aromatic N) is 1. The topological polar surface area (TPSA) is 187 Å². The first-order valence-corrected chi connectivity index (χ1v) is 16.6. The Bertz CT molecular complexity index is 1960. The van der Waals surface area contributed by atoms with E-state index in [0.29, 0.717) is 59.5 Å². The van der Waals surface area contributed by atoms with Gasteiger partial charge < -0.3 is 39.9 Å². The molecule has 14 heteroatoms. The second-order valence-electron chi connectivity index (χ2n) is 10.9. The van der Waals surface area contributed by atoms with E-state index in [4.69, 9.17) is 18.6 Å². The van der Waals surface area contributed by atoms with E-state index in [1.165, 1.54) is 6.39 Å². The average Bonchev–Trinajstić information content (AvgIpc) is 3.69. The number of benzene rings is 4. The van der Waals surface area contributed by atoms with E-state index < -0.39 is 24.0 Å². The fraction of sp³-hybridized carbons (Fsp3) is 0.179. The quantitative estimate of drug-likeness (QED) is 0.0732. The zero-order chi connectivity index (χ0) is 38.0. The fourth-order valence-corrected chi connectivity index (χ4v) is 4.59. The molecule has 5 aromatic rings. The van der Waals surface area contributed by atoms with Crippen LogP contribution in [0, 0.1) is 0 Å². The van der Waals surface area contributed by atoms with Crippen molar-refractivity contribution >= 4 is 52.7 Å². The van der Waals surface area contributed by atoms with E-state index in [1.54, 1.807) is 112 Å². The molecule has 14 nitrogen and oxygen atoms in total. The van der Waals surface area contributed by atoms with Crippen LogP contribution in [0.25, 0.3) is 11.3 Å². The van der Waals surface area contributed by atoms with E-state index in [1.807, 2.05) is 12.1 Å². The Kier molecular flexibility index (Phi) is 14.7. The number of oxazole rings is 1. The summed E-state index contributed by atoms with van der Waals surface area (Å²) in [7, 11) is 0. The number of rotatable bonds is 12. The zero-order valence-electron chi connectivity index (χ0n) is 29.3. The van der Waals surface area contributed by atoms with Crippen molar-refractivity contribution in [2.24, 2.45) is 0 Å². The second-order valence-corrected chi connectivity index (χ2v) is 10.9. The van der Waals surface area contributed by atoms with Crippen LogP contribution in [0.4, 0.5) is 32.3 Å². The molecule has 0 saturated heterocycles. The molecule has 0 radical (unpaired) electrons. The molecule has 0 aliphatic carbocycles. The summed E-state index contributed by atoms with van der Waals surface area (Å²) in [5.74, 6) is -0.477.